The summed E-state index contributed by atoms with van der Waals surface area (Å²) in [7, 11) is -2.10. The zero-order valence-corrected chi connectivity index (χ0v) is 11.7. The number of hydrazone groups is 1. The van der Waals surface area contributed by atoms with Gasteiger partial charge in [-0.05, 0) is 24.3 Å². The Bertz CT molecular complexity index is 697. The smallest absolute Gasteiger partial charge is 0.276 e. The van der Waals surface area contributed by atoms with Crippen LogP contribution < -0.4 is 9.57 Å². The SMILES string of the molecule is COc1ccccc1C=NNS(=O)(=O)c1ccccc1. The molecule has 0 saturated heterocycles. The third-order valence-electron chi connectivity index (χ3n) is 2.57. The lowest BCUT2D eigenvalue weighted by molar-refractivity contribution is 0.414. The zero-order chi connectivity index (χ0) is 14.4. The molecule has 2 aromatic rings. The number of ether oxygens (including phenoxy) is 1. The number of para-hydroxylation sites is 1. The Morgan fingerprint density at radius 1 is 1.05 bits per heavy atom. The molecule has 0 radical (unpaired) electrons. The predicted molar refractivity (Wildman–Crippen MR) is 77.4 cm³/mol. The molecule has 0 unspecified atom stereocenters. The van der Waals surface area contributed by atoms with Crippen molar-refractivity contribution in [1.82, 2.24) is 4.83 Å². The van der Waals surface area contributed by atoms with Gasteiger partial charge < -0.3 is 4.74 Å². The third-order valence-corrected chi connectivity index (χ3v) is 3.81. The molecule has 2 rings (SSSR count). The zero-order valence-electron chi connectivity index (χ0n) is 10.9. The van der Waals surface area contributed by atoms with Gasteiger partial charge in [-0.15, -0.1) is 0 Å². The Kier molecular flexibility index (Phi) is 4.37. The van der Waals surface area contributed by atoms with Gasteiger partial charge in [0.15, 0.2) is 0 Å². The Balaban J connectivity index is 2.14. The van der Waals surface area contributed by atoms with E-state index in [1.54, 1.807) is 37.4 Å². The minimum atomic E-state index is -3.64. The first-order valence-corrected chi connectivity index (χ1v) is 7.35. The van der Waals surface area contributed by atoms with E-state index in [9.17, 15) is 8.42 Å². The number of methoxy groups -OCH3 is 1. The van der Waals surface area contributed by atoms with Crippen LogP contribution in [0.5, 0.6) is 5.75 Å². The van der Waals surface area contributed by atoms with Gasteiger partial charge in [0.25, 0.3) is 10.0 Å². The van der Waals surface area contributed by atoms with E-state index in [4.69, 9.17) is 4.74 Å². The topological polar surface area (TPSA) is 67.8 Å². The molecule has 0 saturated carbocycles. The third kappa shape index (κ3) is 3.36. The van der Waals surface area contributed by atoms with Gasteiger partial charge in [0.1, 0.15) is 5.75 Å². The molecule has 0 aromatic heterocycles. The van der Waals surface area contributed by atoms with Crippen molar-refractivity contribution in [3.05, 3.63) is 60.2 Å². The van der Waals surface area contributed by atoms with Crippen molar-refractivity contribution in [2.75, 3.05) is 7.11 Å². The summed E-state index contributed by atoms with van der Waals surface area (Å²) in [5, 5.41) is 3.76. The van der Waals surface area contributed by atoms with Crippen LogP contribution in [0.4, 0.5) is 0 Å². The van der Waals surface area contributed by atoms with Gasteiger partial charge in [-0.25, -0.2) is 4.83 Å². The first-order valence-electron chi connectivity index (χ1n) is 5.86. The predicted octanol–water partition coefficient (Wildman–Crippen LogP) is 2.01. The van der Waals surface area contributed by atoms with Crippen LogP contribution in [0.2, 0.25) is 0 Å². The van der Waals surface area contributed by atoms with Crippen LogP contribution in [0.3, 0.4) is 0 Å². The molecule has 0 atom stereocenters. The van der Waals surface area contributed by atoms with E-state index in [0.29, 0.717) is 11.3 Å². The lowest BCUT2D eigenvalue weighted by Crippen LogP contribution is -2.18. The molecule has 2 aromatic carbocycles. The van der Waals surface area contributed by atoms with Crippen LogP contribution in [0.25, 0.3) is 0 Å². The lowest BCUT2D eigenvalue weighted by Gasteiger charge is -2.04. The van der Waals surface area contributed by atoms with Crippen molar-refractivity contribution in [3.63, 3.8) is 0 Å². The molecule has 0 aliphatic carbocycles. The quantitative estimate of drug-likeness (QED) is 0.676. The first-order chi connectivity index (χ1) is 9.63. The number of benzene rings is 2. The second-order valence-electron chi connectivity index (χ2n) is 3.91. The fourth-order valence-electron chi connectivity index (χ4n) is 1.59. The van der Waals surface area contributed by atoms with Gasteiger partial charge >= 0.3 is 0 Å². The number of rotatable bonds is 5. The Morgan fingerprint density at radius 2 is 1.70 bits per heavy atom. The lowest BCUT2D eigenvalue weighted by atomic mass is 10.2. The van der Waals surface area contributed by atoms with E-state index < -0.39 is 10.0 Å². The highest BCUT2D eigenvalue weighted by molar-refractivity contribution is 7.89. The minimum Gasteiger partial charge on any atom is -0.496 e. The van der Waals surface area contributed by atoms with Crippen molar-refractivity contribution < 1.29 is 13.2 Å². The van der Waals surface area contributed by atoms with E-state index in [0.717, 1.165) is 0 Å². The molecule has 0 heterocycles. The van der Waals surface area contributed by atoms with Gasteiger partial charge in [-0.1, -0.05) is 30.3 Å². The standard InChI is InChI=1S/C14H14N2O3S/c1-19-14-10-6-5-7-12(14)11-15-16-20(17,18)13-8-3-2-4-9-13/h2-11,16H,1H3. The Hall–Kier alpha value is -2.34. The van der Waals surface area contributed by atoms with E-state index in [2.05, 4.69) is 9.93 Å². The highest BCUT2D eigenvalue weighted by Gasteiger charge is 2.11. The molecule has 0 amide bonds. The molecule has 0 spiro atoms. The molecular weight excluding hydrogens is 276 g/mol. The monoisotopic (exact) mass is 290 g/mol. The number of nitrogens with zero attached hydrogens (tertiary/aromatic N) is 1. The van der Waals surface area contributed by atoms with Crippen molar-refractivity contribution in [1.29, 1.82) is 0 Å². The summed E-state index contributed by atoms with van der Waals surface area (Å²) in [4.78, 5) is 2.33. The molecule has 1 N–H and O–H groups in total. The second kappa shape index (κ2) is 6.21. The maximum atomic E-state index is 11.9. The van der Waals surface area contributed by atoms with Crippen molar-refractivity contribution >= 4 is 16.2 Å². The Labute approximate surface area is 118 Å². The number of hydrogen-bond donors (Lipinski definition) is 1. The molecule has 5 nitrogen and oxygen atoms in total. The van der Waals surface area contributed by atoms with Gasteiger partial charge in [0.2, 0.25) is 0 Å². The average Bonchev–Trinajstić information content (AvgIpc) is 2.48. The summed E-state index contributed by atoms with van der Waals surface area (Å²) in [5.74, 6) is 0.621. The summed E-state index contributed by atoms with van der Waals surface area (Å²) in [6, 6.07) is 15.2. The normalized spacial score (nSPS) is 11.4. The summed E-state index contributed by atoms with van der Waals surface area (Å²) < 4.78 is 29.0. The minimum absolute atomic E-state index is 0.164. The molecule has 6 heteroatoms. The molecule has 0 fully saturated rings. The van der Waals surface area contributed by atoms with Crippen LogP contribution in [-0.4, -0.2) is 21.7 Å². The average molecular weight is 290 g/mol. The van der Waals surface area contributed by atoms with Crippen molar-refractivity contribution in [2.45, 2.75) is 4.90 Å². The molecule has 0 aliphatic heterocycles. The van der Waals surface area contributed by atoms with Crippen LogP contribution >= 0.6 is 0 Å². The van der Waals surface area contributed by atoms with E-state index in [1.807, 2.05) is 12.1 Å². The first kappa shape index (κ1) is 14.1. The molecule has 0 bridgehead atoms. The second-order valence-corrected chi connectivity index (χ2v) is 5.57. The molecule has 20 heavy (non-hydrogen) atoms. The summed E-state index contributed by atoms with van der Waals surface area (Å²) in [6.07, 6.45) is 1.40. The van der Waals surface area contributed by atoms with E-state index in [-0.39, 0.29) is 4.90 Å². The molecule has 104 valence electrons. The van der Waals surface area contributed by atoms with Crippen LogP contribution in [0.15, 0.2) is 64.6 Å². The summed E-state index contributed by atoms with van der Waals surface area (Å²) in [5.41, 5.74) is 0.686. The fraction of sp³-hybridized carbons (Fsp3) is 0.0714. The Morgan fingerprint density at radius 3 is 2.40 bits per heavy atom. The highest BCUT2D eigenvalue weighted by atomic mass is 32.2. The van der Waals surface area contributed by atoms with Crippen molar-refractivity contribution in [2.24, 2.45) is 5.10 Å². The van der Waals surface area contributed by atoms with E-state index >= 15 is 0 Å². The van der Waals surface area contributed by atoms with Gasteiger partial charge in [-0.3, -0.25) is 0 Å². The largest absolute Gasteiger partial charge is 0.496 e. The van der Waals surface area contributed by atoms with Gasteiger partial charge in [-0.2, -0.15) is 13.5 Å². The van der Waals surface area contributed by atoms with Crippen LogP contribution in [0, 0.1) is 0 Å². The number of hydrogen-bond acceptors (Lipinski definition) is 4. The van der Waals surface area contributed by atoms with E-state index in [1.165, 1.54) is 18.3 Å². The van der Waals surface area contributed by atoms with Gasteiger partial charge in [0.05, 0.1) is 18.2 Å². The number of sulfonamides is 1. The maximum Gasteiger partial charge on any atom is 0.276 e. The van der Waals surface area contributed by atoms with Gasteiger partial charge in [0, 0.05) is 5.56 Å². The number of nitrogens with one attached hydrogen (secondary N) is 1. The van der Waals surface area contributed by atoms with Crippen LogP contribution in [-0.2, 0) is 10.0 Å². The summed E-state index contributed by atoms with van der Waals surface area (Å²) in [6.45, 7) is 0. The molecular formula is C14H14N2O3S. The van der Waals surface area contributed by atoms with Crippen molar-refractivity contribution in [3.8, 4) is 5.75 Å². The summed E-state index contributed by atoms with van der Waals surface area (Å²) >= 11 is 0. The van der Waals surface area contributed by atoms with Crippen LogP contribution in [0.1, 0.15) is 5.56 Å². The fourth-order valence-corrected chi connectivity index (χ4v) is 2.40. The molecule has 0 aliphatic rings. The maximum absolute atomic E-state index is 11.9. The highest BCUT2D eigenvalue weighted by Crippen LogP contribution is 2.14.